The Morgan fingerprint density at radius 2 is 2.13 bits per heavy atom. The number of hydrogen-bond donors (Lipinski definition) is 2. The van der Waals surface area contributed by atoms with Crippen LogP contribution in [0.15, 0.2) is 22.7 Å². The number of rotatable bonds is 4. The van der Waals surface area contributed by atoms with Crippen molar-refractivity contribution in [1.29, 1.82) is 0 Å². The highest BCUT2D eigenvalue weighted by Gasteiger charge is 2.10. The van der Waals surface area contributed by atoms with E-state index in [4.69, 9.17) is 5.11 Å². The van der Waals surface area contributed by atoms with Gasteiger partial charge in [-0.05, 0) is 47.5 Å². The van der Waals surface area contributed by atoms with Crippen LogP contribution in [0, 0.1) is 5.82 Å². The third-order valence-corrected chi connectivity index (χ3v) is 2.86. The number of halogens is 2. The molecule has 0 bridgehead atoms. The summed E-state index contributed by atoms with van der Waals surface area (Å²) >= 11 is 3.15. The minimum absolute atomic E-state index is 0.0313. The van der Waals surface area contributed by atoms with Gasteiger partial charge in [-0.1, -0.05) is 6.07 Å². The van der Waals surface area contributed by atoms with Crippen LogP contribution in [0.5, 0.6) is 0 Å². The second-order valence-corrected chi connectivity index (χ2v) is 4.50. The Balaban J connectivity index is 2.73. The van der Waals surface area contributed by atoms with Gasteiger partial charge in [0, 0.05) is 12.1 Å². The summed E-state index contributed by atoms with van der Waals surface area (Å²) in [7, 11) is 0. The summed E-state index contributed by atoms with van der Waals surface area (Å²) in [6.07, 6.45) is 0. The van der Waals surface area contributed by atoms with Crippen LogP contribution in [0.3, 0.4) is 0 Å². The maximum absolute atomic E-state index is 13.0. The molecular weight excluding hydrogens is 261 g/mol. The lowest BCUT2D eigenvalue weighted by atomic mass is 10.1. The first-order chi connectivity index (χ1) is 7.04. The molecular formula is C11H15BrFNO. The molecule has 0 saturated carbocycles. The molecule has 15 heavy (non-hydrogen) atoms. The van der Waals surface area contributed by atoms with Crippen molar-refractivity contribution in [2.75, 3.05) is 6.61 Å². The van der Waals surface area contributed by atoms with Crippen LogP contribution < -0.4 is 5.32 Å². The standard InChI is InChI=1S/C11H15BrFNO/c1-7(6-15)14-8(2)9-3-4-11(13)10(12)5-9/h3-5,7-8,14-15H,6H2,1-2H3/t7-,8?/m1/s1. The van der Waals surface area contributed by atoms with Crippen LogP contribution >= 0.6 is 15.9 Å². The molecule has 0 aliphatic heterocycles. The molecule has 2 N–H and O–H groups in total. The summed E-state index contributed by atoms with van der Waals surface area (Å²) in [6.45, 7) is 3.97. The van der Waals surface area contributed by atoms with Crippen LogP contribution in [-0.4, -0.2) is 17.8 Å². The largest absolute Gasteiger partial charge is 0.395 e. The van der Waals surface area contributed by atoms with Gasteiger partial charge in [0.15, 0.2) is 0 Å². The average molecular weight is 276 g/mol. The minimum Gasteiger partial charge on any atom is -0.395 e. The number of benzene rings is 1. The smallest absolute Gasteiger partial charge is 0.137 e. The second kappa shape index (κ2) is 5.58. The van der Waals surface area contributed by atoms with E-state index in [1.165, 1.54) is 6.07 Å². The first-order valence-electron chi connectivity index (χ1n) is 4.86. The fourth-order valence-electron chi connectivity index (χ4n) is 1.36. The van der Waals surface area contributed by atoms with Gasteiger partial charge in [-0.2, -0.15) is 0 Å². The molecule has 4 heteroatoms. The van der Waals surface area contributed by atoms with Gasteiger partial charge >= 0.3 is 0 Å². The van der Waals surface area contributed by atoms with Crippen molar-refractivity contribution >= 4 is 15.9 Å². The normalized spacial score (nSPS) is 15.0. The van der Waals surface area contributed by atoms with Crippen molar-refractivity contribution in [3.8, 4) is 0 Å². The van der Waals surface area contributed by atoms with E-state index in [-0.39, 0.29) is 24.5 Å². The summed E-state index contributed by atoms with van der Waals surface area (Å²) in [4.78, 5) is 0. The van der Waals surface area contributed by atoms with E-state index in [9.17, 15) is 4.39 Å². The molecule has 0 amide bonds. The summed E-state index contributed by atoms with van der Waals surface area (Å²) in [6, 6.07) is 5.04. The highest BCUT2D eigenvalue weighted by Crippen LogP contribution is 2.21. The zero-order valence-electron chi connectivity index (χ0n) is 8.80. The van der Waals surface area contributed by atoms with Crippen LogP contribution in [0.2, 0.25) is 0 Å². The van der Waals surface area contributed by atoms with Gasteiger partial charge in [0.05, 0.1) is 11.1 Å². The zero-order valence-corrected chi connectivity index (χ0v) is 10.4. The van der Waals surface area contributed by atoms with E-state index >= 15 is 0 Å². The molecule has 0 aliphatic carbocycles. The van der Waals surface area contributed by atoms with Gasteiger partial charge < -0.3 is 10.4 Å². The van der Waals surface area contributed by atoms with E-state index in [0.717, 1.165) is 5.56 Å². The molecule has 0 heterocycles. The molecule has 84 valence electrons. The molecule has 1 aromatic carbocycles. The molecule has 0 spiro atoms. The zero-order chi connectivity index (χ0) is 11.4. The van der Waals surface area contributed by atoms with Crippen LogP contribution in [0.4, 0.5) is 4.39 Å². The van der Waals surface area contributed by atoms with Gasteiger partial charge in [-0.25, -0.2) is 4.39 Å². The monoisotopic (exact) mass is 275 g/mol. The first kappa shape index (κ1) is 12.6. The van der Waals surface area contributed by atoms with Crippen LogP contribution in [0.25, 0.3) is 0 Å². The Morgan fingerprint density at radius 3 is 2.67 bits per heavy atom. The first-order valence-corrected chi connectivity index (χ1v) is 5.65. The maximum Gasteiger partial charge on any atom is 0.137 e. The van der Waals surface area contributed by atoms with Crippen molar-refractivity contribution in [1.82, 2.24) is 5.32 Å². The Morgan fingerprint density at radius 1 is 1.47 bits per heavy atom. The quantitative estimate of drug-likeness (QED) is 0.886. The van der Waals surface area contributed by atoms with E-state index in [0.29, 0.717) is 4.47 Å². The Bertz CT molecular complexity index is 332. The Hall–Kier alpha value is -0.450. The van der Waals surface area contributed by atoms with E-state index < -0.39 is 0 Å². The lowest BCUT2D eigenvalue weighted by molar-refractivity contribution is 0.243. The molecule has 0 saturated heterocycles. The molecule has 1 aromatic rings. The van der Waals surface area contributed by atoms with Crippen LogP contribution in [0.1, 0.15) is 25.5 Å². The SMILES string of the molecule is CC(N[C@H](C)CO)c1ccc(F)c(Br)c1. The predicted molar refractivity (Wildman–Crippen MR) is 62.2 cm³/mol. The molecule has 1 unspecified atom stereocenters. The summed E-state index contributed by atoms with van der Waals surface area (Å²) in [5, 5.41) is 12.1. The average Bonchev–Trinajstić information content (AvgIpc) is 2.21. The maximum atomic E-state index is 13.0. The number of aliphatic hydroxyl groups excluding tert-OH is 1. The molecule has 0 aliphatic rings. The second-order valence-electron chi connectivity index (χ2n) is 3.65. The van der Waals surface area contributed by atoms with Crippen LogP contribution in [-0.2, 0) is 0 Å². The van der Waals surface area contributed by atoms with Crippen molar-refractivity contribution in [2.24, 2.45) is 0 Å². The fraction of sp³-hybridized carbons (Fsp3) is 0.455. The van der Waals surface area contributed by atoms with E-state index in [2.05, 4.69) is 21.2 Å². The third kappa shape index (κ3) is 3.55. The highest BCUT2D eigenvalue weighted by atomic mass is 79.9. The summed E-state index contributed by atoms with van der Waals surface area (Å²) in [5.41, 5.74) is 0.989. The van der Waals surface area contributed by atoms with Crippen molar-refractivity contribution in [3.63, 3.8) is 0 Å². The number of nitrogens with one attached hydrogen (secondary N) is 1. The fourth-order valence-corrected chi connectivity index (χ4v) is 1.75. The highest BCUT2D eigenvalue weighted by molar-refractivity contribution is 9.10. The van der Waals surface area contributed by atoms with E-state index in [1.807, 2.05) is 13.8 Å². The lowest BCUT2D eigenvalue weighted by Crippen LogP contribution is -2.31. The Kier molecular flexibility index (Phi) is 4.70. The number of aliphatic hydroxyl groups is 1. The number of hydrogen-bond acceptors (Lipinski definition) is 2. The minimum atomic E-state index is -0.263. The van der Waals surface area contributed by atoms with Gasteiger partial charge in [-0.3, -0.25) is 0 Å². The summed E-state index contributed by atoms with van der Waals surface area (Å²) in [5.74, 6) is -0.263. The van der Waals surface area contributed by atoms with Crippen molar-refractivity contribution in [2.45, 2.75) is 25.9 Å². The molecule has 1 rings (SSSR count). The molecule has 0 aromatic heterocycles. The Labute approximate surface area is 97.6 Å². The summed E-state index contributed by atoms with van der Waals surface area (Å²) < 4.78 is 13.4. The molecule has 0 radical (unpaired) electrons. The molecule has 2 nitrogen and oxygen atoms in total. The van der Waals surface area contributed by atoms with Gasteiger partial charge in [0.1, 0.15) is 5.82 Å². The molecule has 2 atom stereocenters. The third-order valence-electron chi connectivity index (χ3n) is 2.25. The van der Waals surface area contributed by atoms with Gasteiger partial charge in [-0.15, -0.1) is 0 Å². The predicted octanol–water partition coefficient (Wildman–Crippen LogP) is 2.62. The molecule has 0 fully saturated rings. The van der Waals surface area contributed by atoms with Crippen molar-refractivity contribution < 1.29 is 9.50 Å². The topological polar surface area (TPSA) is 32.3 Å². The van der Waals surface area contributed by atoms with Gasteiger partial charge in [0.2, 0.25) is 0 Å². The van der Waals surface area contributed by atoms with Crippen molar-refractivity contribution in [3.05, 3.63) is 34.1 Å². The van der Waals surface area contributed by atoms with Gasteiger partial charge in [0.25, 0.3) is 0 Å². The lowest BCUT2D eigenvalue weighted by Gasteiger charge is -2.18. The van der Waals surface area contributed by atoms with E-state index in [1.54, 1.807) is 12.1 Å².